The van der Waals surface area contributed by atoms with Crippen LogP contribution in [0.3, 0.4) is 0 Å². The maximum atomic E-state index is 12.7. The number of nitrogens with one attached hydrogen (secondary N) is 2. The molecule has 162 valence electrons. The number of hydrogen-bond donors (Lipinski definition) is 2. The maximum absolute atomic E-state index is 12.7. The highest BCUT2D eigenvalue weighted by Gasteiger charge is 2.24. The Kier molecular flexibility index (Phi) is 7.98. The van der Waals surface area contributed by atoms with Gasteiger partial charge in [0.1, 0.15) is 11.9 Å². The summed E-state index contributed by atoms with van der Waals surface area (Å²) in [6.45, 7) is 5.07. The molecule has 0 spiro atoms. The largest absolute Gasteiger partial charge is 0.354 e. The lowest BCUT2D eigenvalue weighted by molar-refractivity contribution is -0.129. The smallest absolute Gasteiger partial charge is 0.242 e. The van der Waals surface area contributed by atoms with Crippen LogP contribution in [0.1, 0.15) is 30.8 Å². The standard InChI is InChI=1S/C25H30N4O2/c1-19(2)24(28-23(30)17-20-9-5-3-6-10-20)25(31)27-14-13-22-26-15-16-29(22)18-21-11-7-4-8-12-21/h3-12,15-16,19,24H,13-14,17-18H2,1-2H3,(H,27,31)(H,28,30). The fourth-order valence-electron chi connectivity index (χ4n) is 3.44. The van der Waals surface area contributed by atoms with Crippen LogP contribution in [0.4, 0.5) is 0 Å². The molecule has 1 unspecified atom stereocenters. The molecule has 2 aromatic carbocycles. The molecule has 0 radical (unpaired) electrons. The van der Waals surface area contributed by atoms with Gasteiger partial charge in [-0.2, -0.15) is 0 Å². The predicted molar refractivity (Wildman–Crippen MR) is 121 cm³/mol. The number of benzene rings is 2. The van der Waals surface area contributed by atoms with Crippen LogP contribution in [0.25, 0.3) is 0 Å². The molecule has 2 N–H and O–H groups in total. The van der Waals surface area contributed by atoms with Crippen molar-refractivity contribution in [2.75, 3.05) is 6.54 Å². The lowest BCUT2D eigenvalue weighted by Gasteiger charge is -2.22. The van der Waals surface area contributed by atoms with E-state index in [4.69, 9.17) is 0 Å². The van der Waals surface area contributed by atoms with Crippen LogP contribution in [0.15, 0.2) is 73.1 Å². The Morgan fingerprint density at radius 2 is 1.61 bits per heavy atom. The van der Waals surface area contributed by atoms with Crippen molar-refractivity contribution >= 4 is 11.8 Å². The van der Waals surface area contributed by atoms with Crippen molar-refractivity contribution in [1.29, 1.82) is 0 Å². The fourth-order valence-corrected chi connectivity index (χ4v) is 3.44. The van der Waals surface area contributed by atoms with Crippen LogP contribution < -0.4 is 10.6 Å². The fraction of sp³-hybridized carbons (Fsp3) is 0.320. The minimum atomic E-state index is -0.569. The second kappa shape index (κ2) is 11.1. The molecule has 31 heavy (non-hydrogen) atoms. The van der Waals surface area contributed by atoms with E-state index in [2.05, 4.69) is 32.3 Å². The van der Waals surface area contributed by atoms with E-state index in [1.165, 1.54) is 5.56 Å². The van der Waals surface area contributed by atoms with Crippen LogP contribution in [0.5, 0.6) is 0 Å². The zero-order valence-electron chi connectivity index (χ0n) is 18.1. The van der Waals surface area contributed by atoms with Gasteiger partial charge in [0.15, 0.2) is 0 Å². The van der Waals surface area contributed by atoms with Crippen LogP contribution in [0, 0.1) is 5.92 Å². The van der Waals surface area contributed by atoms with E-state index in [9.17, 15) is 9.59 Å². The van der Waals surface area contributed by atoms with Crippen molar-refractivity contribution in [2.24, 2.45) is 5.92 Å². The SMILES string of the molecule is CC(C)C(NC(=O)Cc1ccccc1)C(=O)NCCc1nccn1Cc1ccccc1. The topological polar surface area (TPSA) is 76.0 Å². The van der Waals surface area contributed by atoms with Gasteiger partial charge in [-0.15, -0.1) is 0 Å². The highest BCUT2D eigenvalue weighted by molar-refractivity contribution is 5.88. The van der Waals surface area contributed by atoms with E-state index in [0.717, 1.165) is 17.9 Å². The Balaban J connectivity index is 1.50. The first kappa shape index (κ1) is 22.3. The highest BCUT2D eigenvalue weighted by atomic mass is 16.2. The zero-order chi connectivity index (χ0) is 22.1. The molecule has 0 saturated heterocycles. The molecule has 0 aliphatic carbocycles. The van der Waals surface area contributed by atoms with Crippen molar-refractivity contribution in [3.05, 3.63) is 90.0 Å². The van der Waals surface area contributed by atoms with E-state index in [0.29, 0.717) is 13.0 Å². The summed E-state index contributed by atoms with van der Waals surface area (Å²) in [6.07, 6.45) is 4.61. The molecule has 0 fully saturated rings. The van der Waals surface area contributed by atoms with Crippen LogP contribution in [0.2, 0.25) is 0 Å². The normalized spacial score (nSPS) is 11.8. The van der Waals surface area contributed by atoms with E-state index in [1.807, 2.05) is 68.6 Å². The number of carbonyl (C=O) groups is 2. The Morgan fingerprint density at radius 1 is 0.968 bits per heavy atom. The monoisotopic (exact) mass is 418 g/mol. The summed E-state index contributed by atoms with van der Waals surface area (Å²) >= 11 is 0. The second-order valence-corrected chi connectivity index (χ2v) is 7.95. The van der Waals surface area contributed by atoms with E-state index < -0.39 is 6.04 Å². The van der Waals surface area contributed by atoms with E-state index >= 15 is 0 Å². The first-order chi connectivity index (χ1) is 15.0. The number of hydrogen-bond acceptors (Lipinski definition) is 3. The molecule has 0 aliphatic rings. The third-order valence-electron chi connectivity index (χ3n) is 5.12. The lowest BCUT2D eigenvalue weighted by atomic mass is 10.0. The van der Waals surface area contributed by atoms with Crippen molar-refractivity contribution in [3.8, 4) is 0 Å². The molecule has 0 bridgehead atoms. The summed E-state index contributed by atoms with van der Waals surface area (Å²) in [7, 11) is 0. The molecule has 3 rings (SSSR count). The molecule has 0 aliphatic heterocycles. The second-order valence-electron chi connectivity index (χ2n) is 7.95. The van der Waals surface area contributed by atoms with Gasteiger partial charge >= 0.3 is 0 Å². The molecular formula is C25H30N4O2. The summed E-state index contributed by atoms with van der Waals surface area (Å²) in [4.78, 5) is 29.6. The van der Waals surface area contributed by atoms with Gasteiger partial charge in [0.2, 0.25) is 11.8 Å². The molecule has 1 heterocycles. The molecule has 3 aromatic rings. The van der Waals surface area contributed by atoms with Gasteiger partial charge in [-0.1, -0.05) is 74.5 Å². The third kappa shape index (κ3) is 6.81. The summed E-state index contributed by atoms with van der Waals surface area (Å²) in [5.74, 6) is 0.578. The minimum absolute atomic E-state index is 0.0141. The molecule has 6 heteroatoms. The van der Waals surface area contributed by atoms with Crippen LogP contribution >= 0.6 is 0 Å². The molecule has 1 aromatic heterocycles. The lowest BCUT2D eigenvalue weighted by Crippen LogP contribution is -2.50. The number of carbonyl (C=O) groups excluding carboxylic acids is 2. The molecular weight excluding hydrogens is 388 g/mol. The van der Waals surface area contributed by atoms with Gasteiger partial charge in [-0.3, -0.25) is 9.59 Å². The predicted octanol–water partition coefficient (Wildman–Crippen LogP) is 2.97. The number of imidazole rings is 1. The Morgan fingerprint density at radius 3 is 2.26 bits per heavy atom. The molecule has 6 nitrogen and oxygen atoms in total. The Labute approximate surface area is 183 Å². The Hall–Kier alpha value is -3.41. The first-order valence-electron chi connectivity index (χ1n) is 10.7. The van der Waals surface area contributed by atoms with Gasteiger partial charge in [-0.25, -0.2) is 4.98 Å². The van der Waals surface area contributed by atoms with Crippen molar-refractivity contribution in [3.63, 3.8) is 0 Å². The third-order valence-corrected chi connectivity index (χ3v) is 5.12. The first-order valence-corrected chi connectivity index (χ1v) is 10.7. The van der Waals surface area contributed by atoms with Crippen LogP contribution in [-0.4, -0.2) is 34.0 Å². The Bertz CT molecular complexity index is 967. The van der Waals surface area contributed by atoms with Gasteiger partial charge in [0, 0.05) is 31.9 Å². The molecule has 1 atom stereocenters. The zero-order valence-corrected chi connectivity index (χ0v) is 18.1. The summed E-state index contributed by atoms with van der Waals surface area (Å²) in [6, 6.07) is 19.1. The molecule has 0 saturated carbocycles. The van der Waals surface area contributed by atoms with Gasteiger partial charge in [-0.05, 0) is 17.0 Å². The number of rotatable bonds is 10. The molecule has 2 amide bonds. The number of amides is 2. The quantitative estimate of drug-likeness (QED) is 0.531. The van der Waals surface area contributed by atoms with Gasteiger partial charge in [0.25, 0.3) is 0 Å². The summed E-state index contributed by atoms with van der Waals surface area (Å²) < 4.78 is 2.09. The summed E-state index contributed by atoms with van der Waals surface area (Å²) in [5, 5.41) is 5.84. The van der Waals surface area contributed by atoms with Crippen molar-refractivity contribution in [2.45, 2.75) is 39.3 Å². The number of nitrogens with zero attached hydrogens (tertiary/aromatic N) is 2. The van der Waals surface area contributed by atoms with Crippen molar-refractivity contribution in [1.82, 2.24) is 20.2 Å². The van der Waals surface area contributed by atoms with Crippen LogP contribution in [-0.2, 0) is 29.0 Å². The maximum Gasteiger partial charge on any atom is 0.242 e. The highest BCUT2D eigenvalue weighted by Crippen LogP contribution is 2.07. The number of aromatic nitrogens is 2. The average Bonchev–Trinajstić information content (AvgIpc) is 3.20. The minimum Gasteiger partial charge on any atom is -0.354 e. The van der Waals surface area contributed by atoms with E-state index in [1.54, 1.807) is 6.20 Å². The van der Waals surface area contributed by atoms with Gasteiger partial charge < -0.3 is 15.2 Å². The van der Waals surface area contributed by atoms with E-state index in [-0.39, 0.29) is 24.2 Å². The summed E-state index contributed by atoms with van der Waals surface area (Å²) in [5.41, 5.74) is 2.12. The van der Waals surface area contributed by atoms with Crippen molar-refractivity contribution < 1.29 is 9.59 Å². The average molecular weight is 419 g/mol. The van der Waals surface area contributed by atoms with Gasteiger partial charge in [0.05, 0.1) is 6.42 Å².